The summed E-state index contributed by atoms with van der Waals surface area (Å²) in [5.41, 5.74) is 0.822. The molecule has 0 aromatic heterocycles. The van der Waals surface area contributed by atoms with Crippen molar-refractivity contribution in [1.29, 1.82) is 0 Å². The highest BCUT2D eigenvalue weighted by atomic mass is 16.5. The molecule has 5 saturated carbocycles. The second-order valence-electron chi connectivity index (χ2n) is 18.0. The van der Waals surface area contributed by atoms with Crippen molar-refractivity contribution in [2.24, 2.45) is 68.5 Å². The maximum absolute atomic E-state index is 13.4. The molecule has 0 saturated heterocycles. The van der Waals surface area contributed by atoms with E-state index in [1.165, 1.54) is 37.5 Å². The number of phenols is 2. The molecule has 0 amide bonds. The molecule has 2 unspecified atom stereocenters. The second-order valence-corrected chi connectivity index (χ2v) is 18.0. The van der Waals surface area contributed by atoms with Gasteiger partial charge in [0.15, 0.2) is 11.5 Å². The Kier molecular flexibility index (Phi) is 8.06. The van der Waals surface area contributed by atoms with Gasteiger partial charge in [-0.25, -0.2) is 4.79 Å². The van der Waals surface area contributed by atoms with E-state index >= 15 is 0 Å². The van der Waals surface area contributed by atoms with Crippen LogP contribution in [0, 0.1) is 68.5 Å². The summed E-state index contributed by atoms with van der Waals surface area (Å²) in [6.07, 6.45) is 13.1. The number of aliphatic hydroxyl groups excluding tert-OH is 1. The number of benzene rings is 1. The number of carbonyl (C=O) groups is 1. The third-order valence-corrected chi connectivity index (χ3v) is 16.2. The van der Waals surface area contributed by atoms with Crippen LogP contribution in [0.5, 0.6) is 11.5 Å². The number of ether oxygens (including phenoxy) is 1. The van der Waals surface area contributed by atoms with Crippen molar-refractivity contribution in [2.45, 2.75) is 119 Å². The van der Waals surface area contributed by atoms with Gasteiger partial charge in [-0.3, -0.25) is 0 Å². The number of carbonyl (C=O) groups excluding carboxylic acids is 1. The van der Waals surface area contributed by atoms with Crippen molar-refractivity contribution >= 4 is 12.0 Å². The number of hydrogen-bond acceptors (Lipinski definition) is 5. The molecule has 250 valence electrons. The fraction of sp³-hybridized carbons (Fsp3) is 0.775. The lowest BCUT2D eigenvalue weighted by molar-refractivity contribution is -0.286. The number of aromatic hydroxyl groups is 2. The Balaban J connectivity index is 1.38. The van der Waals surface area contributed by atoms with Gasteiger partial charge in [-0.1, -0.05) is 61.5 Å². The summed E-state index contributed by atoms with van der Waals surface area (Å²) < 4.78 is 6.36. The quantitative estimate of drug-likeness (QED) is 0.178. The zero-order chi connectivity index (χ0) is 32.7. The Bertz CT molecular complexity index is 1330. The Labute approximate surface area is 272 Å². The van der Waals surface area contributed by atoms with E-state index in [0.29, 0.717) is 59.0 Å². The van der Waals surface area contributed by atoms with Crippen LogP contribution < -0.4 is 0 Å². The SMILES string of the molecule is CC1CC(O)[C@]2(C)[C@H]3CC[C@@H]4[C@@H]5[C@@H](C)[C@H](C)CC[C@]5(C)CC[C@@]4(COC(=O)C=Cc4ccc(O)c(O)c4)[C@]3(C)CC[C@H]2C1(C)C. The van der Waals surface area contributed by atoms with Crippen LogP contribution in [0.4, 0.5) is 0 Å². The molecule has 5 heteroatoms. The average molecular weight is 621 g/mol. The zero-order valence-electron chi connectivity index (χ0n) is 29.2. The number of aliphatic hydroxyl groups is 1. The third-order valence-electron chi connectivity index (χ3n) is 16.2. The van der Waals surface area contributed by atoms with Crippen molar-refractivity contribution in [3.63, 3.8) is 0 Å². The Morgan fingerprint density at radius 3 is 2.36 bits per heavy atom. The molecule has 5 nitrogen and oxygen atoms in total. The third kappa shape index (κ3) is 4.74. The molecular formula is C40H60O5. The van der Waals surface area contributed by atoms with E-state index in [1.54, 1.807) is 12.1 Å². The van der Waals surface area contributed by atoms with E-state index in [2.05, 4.69) is 55.4 Å². The van der Waals surface area contributed by atoms with Gasteiger partial charge in [0.2, 0.25) is 0 Å². The van der Waals surface area contributed by atoms with Gasteiger partial charge in [-0.2, -0.15) is 0 Å². The van der Waals surface area contributed by atoms with Crippen LogP contribution in [0.3, 0.4) is 0 Å². The van der Waals surface area contributed by atoms with Gasteiger partial charge in [0.1, 0.15) is 0 Å². The van der Waals surface area contributed by atoms with Crippen LogP contribution in [-0.2, 0) is 9.53 Å². The molecule has 0 radical (unpaired) electrons. The van der Waals surface area contributed by atoms with Crippen LogP contribution in [0.2, 0.25) is 0 Å². The number of hydrogen-bond donors (Lipinski definition) is 3. The molecule has 0 bridgehead atoms. The summed E-state index contributed by atoms with van der Waals surface area (Å²) >= 11 is 0. The van der Waals surface area contributed by atoms with Crippen molar-refractivity contribution in [2.75, 3.05) is 6.61 Å². The van der Waals surface area contributed by atoms with Crippen LogP contribution >= 0.6 is 0 Å². The highest BCUT2D eigenvalue weighted by Crippen LogP contribution is 2.77. The minimum absolute atomic E-state index is 0.0344. The number of fused-ring (bicyclic) bond motifs is 7. The molecule has 5 aliphatic carbocycles. The maximum atomic E-state index is 13.4. The lowest BCUT2D eigenvalue weighted by Crippen LogP contribution is -2.71. The first-order valence-electron chi connectivity index (χ1n) is 18.1. The highest BCUT2D eigenvalue weighted by Gasteiger charge is 2.72. The van der Waals surface area contributed by atoms with Crippen LogP contribution in [0.15, 0.2) is 24.3 Å². The van der Waals surface area contributed by atoms with Gasteiger partial charge in [-0.05, 0) is 139 Å². The van der Waals surface area contributed by atoms with Crippen LogP contribution in [0.25, 0.3) is 6.08 Å². The van der Waals surface area contributed by atoms with Crippen molar-refractivity contribution < 1.29 is 24.9 Å². The smallest absolute Gasteiger partial charge is 0.330 e. The van der Waals surface area contributed by atoms with Crippen molar-refractivity contribution in [3.05, 3.63) is 29.8 Å². The number of rotatable bonds is 4. The van der Waals surface area contributed by atoms with Gasteiger partial charge >= 0.3 is 5.97 Å². The lowest BCUT2D eigenvalue weighted by atomic mass is 9.30. The molecule has 3 N–H and O–H groups in total. The summed E-state index contributed by atoms with van der Waals surface area (Å²) in [6.45, 7) is 20.2. The fourth-order valence-electron chi connectivity index (χ4n) is 13.0. The molecule has 12 atom stereocenters. The normalized spacial score (nSPS) is 47.2. The Hall–Kier alpha value is -2.01. The minimum atomic E-state index is -0.354. The Morgan fingerprint density at radius 1 is 0.911 bits per heavy atom. The molecule has 0 heterocycles. The summed E-state index contributed by atoms with van der Waals surface area (Å²) in [7, 11) is 0. The molecule has 5 fully saturated rings. The van der Waals surface area contributed by atoms with Crippen molar-refractivity contribution in [3.8, 4) is 11.5 Å². The molecule has 5 aliphatic rings. The van der Waals surface area contributed by atoms with E-state index in [1.807, 2.05) is 0 Å². The van der Waals surface area contributed by atoms with E-state index < -0.39 is 0 Å². The van der Waals surface area contributed by atoms with Gasteiger partial charge in [0, 0.05) is 16.9 Å². The molecule has 45 heavy (non-hydrogen) atoms. The first-order valence-corrected chi connectivity index (χ1v) is 18.1. The molecular weight excluding hydrogens is 560 g/mol. The summed E-state index contributed by atoms with van der Waals surface area (Å²) in [5, 5.41) is 31.6. The summed E-state index contributed by atoms with van der Waals surface area (Å²) in [4.78, 5) is 13.4. The molecule has 0 spiro atoms. The predicted molar refractivity (Wildman–Crippen MR) is 179 cm³/mol. The van der Waals surface area contributed by atoms with E-state index in [9.17, 15) is 20.1 Å². The largest absolute Gasteiger partial charge is 0.504 e. The first kappa shape index (κ1) is 32.9. The van der Waals surface area contributed by atoms with Gasteiger partial charge in [-0.15, -0.1) is 0 Å². The van der Waals surface area contributed by atoms with Gasteiger partial charge < -0.3 is 20.1 Å². The average Bonchev–Trinajstić information content (AvgIpc) is 2.98. The van der Waals surface area contributed by atoms with Gasteiger partial charge in [0.25, 0.3) is 0 Å². The standard InChI is InChI=1S/C40H60O5/c1-24-15-17-37(6)19-20-40(23-45-34(44)14-10-27-9-12-29(41)30(42)22-27)28(35(37)26(24)3)11-13-32-38(40,7)18-16-31-36(4,5)25(2)21-33(43)39(31,32)8/h9-10,12,14,22,24-26,28,31-33,35,41-43H,11,13,15-21,23H2,1-8H3/t24-,25?,26+,28-,31+,32+,33?,35+,37-,38-,39+,40+/m1/s1. The van der Waals surface area contributed by atoms with E-state index in [0.717, 1.165) is 38.5 Å². The minimum Gasteiger partial charge on any atom is -0.504 e. The van der Waals surface area contributed by atoms with Crippen LogP contribution in [-0.4, -0.2) is 34.0 Å². The monoisotopic (exact) mass is 620 g/mol. The fourth-order valence-corrected chi connectivity index (χ4v) is 13.0. The summed E-state index contributed by atoms with van der Waals surface area (Å²) in [6, 6.07) is 4.55. The molecule has 0 aliphatic heterocycles. The maximum Gasteiger partial charge on any atom is 0.330 e. The zero-order valence-corrected chi connectivity index (χ0v) is 29.2. The van der Waals surface area contributed by atoms with E-state index in [4.69, 9.17) is 4.74 Å². The first-order chi connectivity index (χ1) is 21.0. The van der Waals surface area contributed by atoms with Crippen molar-refractivity contribution in [1.82, 2.24) is 0 Å². The van der Waals surface area contributed by atoms with Crippen LogP contribution in [0.1, 0.15) is 119 Å². The summed E-state index contributed by atoms with van der Waals surface area (Å²) in [5.74, 6) is 3.05. The Morgan fingerprint density at radius 2 is 1.64 bits per heavy atom. The molecule has 6 rings (SSSR count). The lowest BCUT2D eigenvalue weighted by Gasteiger charge is -2.74. The second kappa shape index (κ2) is 11.0. The highest BCUT2D eigenvalue weighted by molar-refractivity contribution is 5.87. The molecule has 1 aromatic rings. The predicted octanol–water partition coefficient (Wildman–Crippen LogP) is 9.00. The number of phenolic OH excluding ortho intramolecular Hbond substituents is 2. The van der Waals surface area contributed by atoms with E-state index in [-0.39, 0.29) is 45.2 Å². The van der Waals surface area contributed by atoms with Gasteiger partial charge in [0.05, 0.1) is 12.7 Å². The molecule has 1 aromatic carbocycles. The number of esters is 1. The topological polar surface area (TPSA) is 87.0 Å².